The Labute approximate surface area is 137 Å². The highest BCUT2D eigenvalue weighted by atomic mass is 35.5. The molecule has 1 aromatic carbocycles. The molecule has 1 N–H and O–H groups in total. The van der Waals surface area contributed by atoms with Gasteiger partial charge in [0.2, 0.25) is 0 Å². The molecule has 6 nitrogen and oxygen atoms in total. The van der Waals surface area contributed by atoms with Crippen molar-refractivity contribution in [2.24, 2.45) is 10.2 Å². The largest absolute Gasteiger partial charge is 0.481 e. The van der Waals surface area contributed by atoms with Gasteiger partial charge < -0.3 is 5.11 Å². The minimum atomic E-state index is -0.973. The lowest BCUT2D eigenvalue weighted by molar-refractivity contribution is -0.136. The van der Waals surface area contributed by atoms with Crippen LogP contribution < -0.4 is 0 Å². The summed E-state index contributed by atoms with van der Waals surface area (Å²) in [5, 5.41) is 17.9. The second-order valence-corrected chi connectivity index (χ2v) is 5.45. The molecule has 0 saturated carbocycles. The summed E-state index contributed by atoms with van der Waals surface area (Å²) in [4.78, 5) is 15.4. The Balaban J connectivity index is 2.12. The summed E-state index contributed by atoms with van der Waals surface area (Å²) >= 11 is 6.06. The van der Waals surface area contributed by atoms with Gasteiger partial charge in [0.25, 0.3) is 0 Å². The Morgan fingerprint density at radius 3 is 2.78 bits per heavy atom. The SMILES string of the molecule is Cc1ccc2nc(CC(=O)O)c(N=Nc3ccccc3Cl)n2c1. The zero-order valence-corrected chi connectivity index (χ0v) is 13.0. The smallest absolute Gasteiger partial charge is 0.309 e. The van der Waals surface area contributed by atoms with E-state index in [0.717, 1.165) is 5.56 Å². The predicted molar refractivity (Wildman–Crippen MR) is 86.9 cm³/mol. The molecule has 2 heterocycles. The van der Waals surface area contributed by atoms with Crippen molar-refractivity contribution in [3.8, 4) is 0 Å². The Morgan fingerprint density at radius 1 is 1.26 bits per heavy atom. The number of fused-ring (bicyclic) bond motifs is 1. The second kappa shape index (κ2) is 6.18. The van der Waals surface area contributed by atoms with E-state index in [1.54, 1.807) is 28.7 Å². The Bertz CT molecular complexity index is 918. The topological polar surface area (TPSA) is 79.3 Å². The fourth-order valence-electron chi connectivity index (χ4n) is 2.19. The Kier molecular flexibility index (Phi) is 4.08. The van der Waals surface area contributed by atoms with Crippen LogP contribution in [0.3, 0.4) is 0 Å². The van der Waals surface area contributed by atoms with E-state index < -0.39 is 5.97 Å². The zero-order chi connectivity index (χ0) is 16.4. The van der Waals surface area contributed by atoms with Crippen LogP contribution in [0.25, 0.3) is 5.65 Å². The van der Waals surface area contributed by atoms with E-state index in [9.17, 15) is 4.79 Å². The van der Waals surface area contributed by atoms with Crippen LogP contribution in [0, 0.1) is 6.92 Å². The molecule has 0 unspecified atom stereocenters. The lowest BCUT2D eigenvalue weighted by atomic mass is 10.3. The lowest BCUT2D eigenvalue weighted by Crippen LogP contribution is -2.00. The quantitative estimate of drug-likeness (QED) is 0.723. The maximum Gasteiger partial charge on any atom is 0.309 e. The van der Waals surface area contributed by atoms with Crippen LogP contribution in [0.4, 0.5) is 11.5 Å². The Hall–Kier alpha value is -2.73. The van der Waals surface area contributed by atoms with Crippen molar-refractivity contribution < 1.29 is 9.90 Å². The molecule has 116 valence electrons. The van der Waals surface area contributed by atoms with Gasteiger partial charge in [-0.05, 0) is 30.7 Å². The van der Waals surface area contributed by atoms with Gasteiger partial charge in [-0.2, -0.15) is 0 Å². The Morgan fingerprint density at radius 2 is 2.04 bits per heavy atom. The van der Waals surface area contributed by atoms with Crippen molar-refractivity contribution in [3.05, 3.63) is 58.9 Å². The van der Waals surface area contributed by atoms with E-state index >= 15 is 0 Å². The van der Waals surface area contributed by atoms with E-state index in [2.05, 4.69) is 15.2 Å². The maximum atomic E-state index is 11.1. The first-order valence-corrected chi connectivity index (χ1v) is 7.28. The molecule has 0 saturated heterocycles. The molecule has 0 amide bonds. The molecular formula is C16H13ClN4O2. The number of aromatic nitrogens is 2. The third-order valence-corrected chi connectivity index (χ3v) is 3.55. The van der Waals surface area contributed by atoms with Gasteiger partial charge in [-0.3, -0.25) is 9.20 Å². The third-order valence-electron chi connectivity index (χ3n) is 3.23. The molecular weight excluding hydrogens is 316 g/mol. The van der Waals surface area contributed by atoms with Gasteiger partial charge in [0, 0.05) is 6.20 Å². The van der Waals surface area contributed by atoms with Crippen molar-refractivity contribution in [1.82, 2.24) is 9.38 Å². The molecule has 3 rings (SSSR count). The lowest BCUT2D eigenvalue weighted by Gasteiger charge is -1.99. The number of hydrogen-bond donors (Lipinski definition) is 1. The van der Waals surface area contributed by atoms with Gasteiger partial charge >= 0.3 is 5.97 Å². The summed E-state index contributed by atoms with van der Waals surface area (Å²) < 4.78 is 1.73. The van der Waals surface area contributed by atoms with Gasteiger partial charge in [0.05, 0.1) is 17.1 Å². The molecule has 0 aliphatic heterocycles. The monoisotopic (exact) mass is 328 g/mol. The van der Waals surface area contributed by atoms with Crippen LogP contribution >= 0.6 is 11.6 Å². The molecule has 0 radical (unpaired) electrons. The number of halogens is 1. The van der Waals surface area contributed by atoms with E-state index in [-0.39, 0.29) is 6.42 Å². The molecule has 0 atom stereocenters. The highest BCUT2D eigenvalue weighted by Gasteiger charge is 2.15. The van der Waals surface area contributed by atoms with Gasteiger partial charge in [-0.15, -0.1) is 10.2 Å². The van der Waals surface area contributed by atoms with E-state index in [0.29, 0.717) is 27.9 Å². The second-order valence-electron chi connectivity index (χ2n) is 5.04. The number of nitrogens with zero attached hydrogens (tertiary/aromatic N) is 4. The molecule has 0 aliphatic carbocycles. The number of benzene rings is 1. The molecule has 0 bridgehead atoms. The number of carboxylic acids is 1. The van der Waals surface area contributed by atoms with Crippen LogP contribution in [0.1, 0.15) is 11.3 Å². The molecule has 23 heavy (non-hydrogen) atoms. The number of pyridine rings is 1. The van der Waals surface area contributed by atoms with E-state index in [1.165, 1.54) is 0 Å². The number of aryl methyl sites for hydroxylation is 1. The van der Waals surface area contributed by atoms with Crippen molar-refractivity contribution in [2.75, 3.05) is 0 Å². The fraction of sp³-hybridized carbons (Fsp3) is 0.125. The highest BCUT2D eigenvalue weighted by molar-refractivity contribution is 6.32. The minimum absolute atomic E-state index is 0.225. The minimum Gasteiger partial charge on any atom is -0.481 e. The summed E-state index contributed by atoms with van der Waals surface area (Å²) in [6.07, 6.45) is 1.62. The summed E-state index contributed by atoms with van der Waals surface area (Å²) in [6, 6.07) is 10.8. The number of hydrogen-bond acceptors (Lipinski definition) is 4. The number of azo groups is 1. The van der Waals surface area contributed by atoms with Gasteiger partial charge in [0.15, 0.2) is 5.82 Å². The van der Waals surface area contributed by atoms with Crippen LogP contribution in [0.15, 0.2) is 52.8 Å². The van der Waals surface area contributed by atoms with Gasteiger partial charge in [-0.1, -0.05) is 29.8 Å². The fourth-order valence-corrected chi connectivity index (χ4v) is 2.36. The van der Waals surface area contributed by atoms with Crippen LogP contribution in [-0.4, -0.2) is 20.5 Å². The standard InChI is InChI=1S/C16H13ClN4O2/c1-10-6-7-14-18-13(8-15(22)23)16(21(14)9-10)20-19-12-5-3-2-4-11(12)17/h2-7,9H,8H2,1H3,(H,22,23). The first kappa shape index (κ1) is 15.2. The number of imidazole rings is 1. The average molecular weight is 329 g/mol. The first-order chi connectivity index (χ1) is 11.0. The van der Waals surface area contributed by atoms with E-state index in [4.69, 9.17) is 16.7 Å². The molecule has 0 fully saturated rings. The number of carbonyl (C=O) groups is 1. The third kappa shape index (κ3) is 3.22. The average Bonchev–Trinajstić information content (AvgIpc) is 2.82. The highest BCUT2D eigenvalue weighted by Crippen LogP contribution is 2.28. The number of carboxylic acid groups (broad SMARTS) is 1. The number of rotatable bonds is 4. The van der Waals surface area contributed by atoms with Crippen LogP contribution in [0.5, 0.6) is 0 Å². The van der Waals surface area contributed by atoms with E-state index in [1.807, 2.05) is 25.3 Å². The summed E-state index contributed by atoms with van der Waals surface area (Å²) in [7, 11) is 0. The van der Waals surface area contributed by atoms with Crippen molar-refractivity contribution in [1.29, 1.82) is 0 Å². The zero-order valence-electron chi connectivity index (χ0n) is 12.3. The molecule has 0 spiro atoms. The molecule has 2 aromatic heterocycles. The summed E-state index contributed by atoms with van der Waals surface area (Å²) in [5.74, 6) is -0.578. The molecule has 7 heteroatoms. The maximum absolute atomic E-state index is 11.1. The summed E-state index contributed by atoms with van der Waals surface area (Å²) in [6.45, 7) is 1.94. The first-order valence-electron chi connectivity index (χ1n) is 6.90. The van der Waals surface area contributed by atoms with Crippen molar-refractivity contribution >= 4 is 34.7 Å². The summed E-state index contributed by atoms with van der Waals surface area (Å²) in [5.41, 5.74) is 2.50. The number of aliphatic carboxylic acids is 1. The van der Waals surface area contributed by atoms with Gasteiger partial charge in [-0.25, -0.2) is 4.98 Å². The van der Waals surface area contributed by atoms with Crippen LogP contribution in [-0.2, 0) is 11.2 Å². The van der Waals surface area contributed by atoms with Crippen molar-refractivity contribution in [3.63, 3.8) is 0 Å². The van der Waals surface area contributed by atoms with Gasteiger partial charge in [0.1, 0.15) is 11.3 Å². The molecule has 0 aliphatic rings. The normalized spacial score (nSPS) is 11.4. The predicted octanol–water partition coefficient (Wildman–Crippen LogP) is 4.34. The van der Waals surface area contributed by atoms with Crippen molar-refractivity contribution in [2.45, 2.75) is 13.3 Å². The van der Waals surface area contributed by atoms with Crippen LogP contribution in [0.2, 0.25) is 5.02 Å². The molecule has 3 aromatic rings.